The van der Waals surface area contributed by atoms with Gasteiger partial charge >= 0.3 is 0 Å². The molecule has 0 aliphatic carbocycles. The highest BCUT2D eigenvalue weighted by Crippen LogP contribution is 2.07. The molecule has 2 aromatic heterocycles. The Bertz CT molecular complexity index is 452. The largest absolute Gasteiger partial charge is 0.370 e. The van der Waals surface area contributed by atoms with Crippen LogP contribution >= 0.6 is 11.6 Å². The van der Waals surface area contributed by atoms with Crippen molar-refractivity contribution in [1.82, 2.24) is 14.6 Å². The lowest BCUT2D eigenvalue weighted by atomic mass is 10.2. The van der Waals surface area contributed by atoms with Gasteiger partial charge in [-0.25, -0.2) is 9.50 Å². The van der Waals surface area contributed by atoms with Gasteiger partial charge in [0, 0.05) is 24.2 Å². The van der Waals surface area contributed by atoms with E-state index in [1.165, 1.54) is 0 Å². The van der Waals surface area contributed by atoms with Crippen molar-refractivity contribution in [3.05, 3.63) is 24.5 Å². The van der Waals surface area contributed by atoms with Crippen LogP contribution in [0.25, 0.3) is 5.65 Å². The molecule has 0 amide bonds. The number of hydrogen-bond acceptors (Lipinski definition) is 3. The Morgan fingerprint density at radius 2 is 2.38 bits per heavy atom. The molecule has 0 aliphatic rings. The van der Waals surface area contributed by atoms with Gasteiger partial charge in [-0.15, -0.1) is 11.6 Å². The minimum atomic E-state index is 0.243. The molecule has 16 heavy (non-hydrogen) atoms. The maximum atomic E-state index is 5.87. The minimum Gasteiger partial charge on any atom is -0.370 e. The summed E-state index contributed by atoms with van der Waals surface area (Å²) in [4.78, 5) is 4.41. The van der Waals surface area contributed by atoms with Crippen molar-refractivity contribution in [3.8, 4) is 0 Å². The summed E-state index contributed by atoms with van der Waals surface area (Å²) in [5.41, 5.74) is 0.857. The van der Waals surface area contributed by atoms with Gasteiger partial charge < -0.3 is 5.32 Å². The van der Waals surface area contributed by atoms with Crippen molar-refractivity contribution in [2.75, 3.05) is 11.9 Å². The number of fused-ring (bicyclic) bond motifs is 1. The molecule has 0 saturated carbocycles. The van der Waals surface area contributed by atoms with Gasteiger partial charge in [-0.3, -0.25) is 0 Å². The molecule has 1 unspecified atom stereocenters. The SMILES string of the molecule is CC(Cl)CCCNc1ccn2nccc2n1. The molecule has 0 spiro atoms. The van der Waals surface area contributed by atoms with Crippen LogP contribution in [0.5, 0.6) is 0 Å². The third-order valence-electron chi connectivity index (χ3n) is 2.34. The number of halogens is 1. The van der Waals surface area contributed by atoms with Gasteiger partial charge in [0.25, 0.3) is 0 Å². The second kappa shape index (κ2) is 5.16. The summed E-state index contributed by atoms with van der Waals surface area (Å²) >= 11 is 5.87. The van der Waals surface area contributed by atoms with E-state index in [1.54, 1.807) is 10.7 Å². The second-order valence-corrected chi connectivity index (χ2v) is 4.54. The highest BCUT2D eigenvalue weighted by Gasteiger charge is 1.99. The van der Waals surface area contributed by atoms with E-state index in [4.69, 9.17) is 11.6 Å². The quantitative estimate of drug-likeness (QED) is 0.643. The molecule has 1 N–H and O–H groups in total. The lowest BCUT2D eigenvalue weighted by Gasteiger charge is -2.06. The highest BCUT2D eigenvalue weighted by molar-refractivity contribution is 6.20. The molecular formula is C11H15ClN4. The van der Waals surface area contributed by atoms with E-state index in [1.807, 2.05) is 25.3 Å². The van der Waals surface area contributed by atoms with Crippen molar-refractivity contribution in [2.45, 2.75) is 25.1 Å². The first kappa shape index (κ1) is 11.2. The monoisotopic (exact) mass is 238 g/mol. The fourth-order valence-corrected chi connectivity index (χ4v) is 1.67. The molecule has 86 valence electrons. The van der Waals surface area contributed by atoms with Crippen LogP contribution in [-0.4, -0.2) is 26.5 Å². The predicted molar refractivity (Wildman–Crippen MR) is 66.0 cm³/mol. The van der Waals surface area contributed by atoms with Crippen LogP contribution < -0.4 is 5.32 Å². The first-order chi connectivity index (χ1) is 7.75. The normalized spacial score (nSPS) is 12.9. The lowest BCUT2D eigenvalue weighted by molar-refractivity contribution is 0.749. The fourth-order valence-electron chi connectivity index (χ4n) is 1.51. The Morgan fingerprint density at radius 3 is 3.19 bits per heavy atom. The number of nitrogens with zero attached hydrogens (tertiary/aromatic N) is 3. The molecule has 2 rings (SSSR count). The molecule has 4 nitrogen and oxygen atoms in total. The number of hydrogen-bond donors (Lipinski definition) is 1. The van der Waals surface area contributed by atoms with E-state index < -0.39 is 0 Å². The number of aromatic nitrogens is 3. The van der Waals surface area contributed by atoms with E-state index in [-0.39, 0.29) is 5.38 Å². The zero-order valence-electron chi connectivity index (χ0n) is 9.23. The topological polar surface area (TPSA) is 42.2 Å². The molecule has 2 heterocycles. The van der Waals surface area contributed by atoms with Gasteiger partial charge in [0.05, 0.1) is 6.20 Å². The average Bonchev–Trinajstić information content (AvgIpc) is 2.71. The highest BCUT2D eigenvalue weighted by atomic mass is 35.5. The van der Waals surface area contributed by atoms with Crippen LogP contribution in [0.15, 0.2) is 24.5 Å². The number of rotatable bonds is 5. The fraction of sp³-hybridized carbons (Fsp3) is 0.455. The number of alkyl halides is 1. The molecule has 1 atom stereocenters. The first-order valence-electron chi connectivity index (χ1n) is 5.44. The summed E-state index contributed by atoms with van der Waals surface area (Å²) in [6.45, 7) is 2.91. The summed E-state index contributed by atoms with van der Waals surface area (Å²) in [6, 6.07) is 3.80. The first-order valence-corrected chi connectivity index (χ1v) is 5.88. The minimum absolute atomic E-state index is 0.243. The van der Waals surface area contributed by atoms with Crippen LogP contribution in [0.2, 0.25) is 0 Å². The van der Waals surface area contributed by atoms with Crippen molar-refractivity contribution in [2.24, 2.45) is 0 Å². The molecule has 0 saturated heterocycles. The van der Waals surface area contributed by atoms with Crippen LogP contribution in [0.1, 0.15) is 19.8 Å². The van der Waals surface area contributed by atoms with Gasteiger partial charge in [-0.05, 0) is 25.8 Å². The average molecular weight is 239 g/mol. The van der Waals surface area contributed by atoms with E-state index in [2.05, 4.69) is 15.4 Å². The Hall–Kier alpha value is -1.29. The summed E-state index contributed by atoms with van der Waals surface area (Å²) < 4.78 is 1.74. The maximum Gasteiger partial charge on any atom is 0.157 e. The van der Waals surface area contributed by atoms with E-state index in [9.17, 15) is 0 Å². The number of anilines is 1. The van der Waals surface area contributed by atoms with Gasteiger partial charge in [0.15, 0.2) is 5.65 Å². The molecule has 2 aromatic rings. The van der Waals surface area contributed by atoms with Gasteiger partial charge in [-0.1, -0.05) is 0 Å². The molecule has 0 fully saturated rings. The lowest BCUT2D eigenvalue weighted by Crippen LogP contribution is -2.06. The predicted octanol–water partition coefficient (Wildman–Crippen LogP) is 2.55. The van der Waals surface area contributed by atoms with Gasteiger partial charge in [0.2, 0.25) is 0 Å². The Labute approximate surface area is 99.6 Å². The molecule has 5 heteroatoms. The van der Waals surface area contributed by atoms with Crippen LogP contribution in [0.4, 0.5) is 5.82 Å². The maximum absolute atomic E-state index is 5.87. The van der Waals surface area contributed by atoms with E-state index >= 15 is 0 Å². The van der Waals surface area contributed by atoms with Crippen molar-refractivity contribution in [1.29, 1.82) is 0 Å². The molecule has 0 aliphatic heterocycles. The second-order valence-electron chi connectivity index (χ2n) is 3.80. The van der Waals surface area contributed by atoms with Crippen LogP contribution in [0.3, 0.4) is 0 Å². The standard InChI is InChI=1S/C11H15ClN4/c1-9(12)3-2-6-13-10-5-8-16-11(15-10)4-7-14-16/h4-5,7-9H,2-3,6H2,1H3,(H,13,15). The smallest absolute Gasteiger partial charge is 0.157 e. The van der Waals surface area contributed by atoms with E-state index in [0.29, 0.717) is 0 Å². The molecule has 0 aromatic carbocycles. The zero-order valence-corrected chi connectivity index (χ0v) is 9.98. The summed E-state index contributed by atoms with van der Waals surface area (Å²) in [6.07, 6.45) is 5.70. The third-order valence-corrected chi connectivity index (χ3v) is 2.56. The van der Waals surface area contributed by atoms with Crippen molar-refractivity contribution >= 4 is 23.1 Å². The van der Waals surface area contributed by atoms with Crippen molar-refractivity contribution < 1.29 is 0 Å². The molecular weight excluding hydrogens is 224 g/mol. The Morgan fingerprint density at radius 1 is 1.50 bits per heavy atom. The number of nitrogens with one attached hydrogen (secondary N) is 1. The van der Waals surface area contributed by atoms with Gasteiger partial charge in [0.1, 0.15) is 5.82 Å². The van der Waals surface area contributed by atoms with Gasteiger partial charge in [-0.2, -0.15) is 5.10 Å². The Kier molecular flexibility index (Phi) is 3.62. The summed E-state index contributed by atoms with van der Waals surface area (Å²) in [7, 11) is 0. The van der Waals surface area contributed by atoms with Crippen molar-refractivity contribution in [3.63, 3.8) is 0 Å². The Balaban J connectivity index is 1.89. The molecule has 0 bridgehead atoms. The zero-order chi connectivity index (χ0) is 11.4. The summed E-state index contributed by atoms with van der Waals surface area (Å²) in [5.74, 6) is 0.884. The van der Waals surface area contributed by atoms with E-state index in [0.717, 1.165) is 30.9 Å². The van der Waals surface area contributed by atoms with Crippen LogP contribution in [0, 0.1) is 0 Å². The molecule has 0 radical (unpaired) electrons. The van der Waals surface area contributed by atoms with Crippen LogP contribution in [-0.2, 0) is 0 Å². The summed E-state index contributed by atoms with van der Waals surface area (Å²) in [5, 5.41) is 7.60. The third kappa shape index (κ3) is 2.85.